The molecule has 0 aliphatic carbocycles. The van der Waals surface area contributed by atoms with Crippen molar-refractivity contribution >= 4 is 0 Å². The molecule has 2 saturated heterocycles. The number of aliphatic hydroxyl groups excluding tert-OH is 2. The predicted octanol–water partition coefficient (Wildman–Crippen LogP) is 8.60. The largest absolute Gasteiger partial charge is 0.457 e. The normalized spacial score (nSPS) is 16.6. The maximum absolute atomic E-state index is 9.48. The minimum atomic E-state index is 0.144. The molecule has 2 aromatic heterocycles. The first-order valence-electron chi connectivity index (χ1n) is 19.0. The van der Waals surface area contributed by atoms with Gasteiger partial charge in [0.05, 0.1) is 18.7 Å². The van der Waals surface area contributed by atoms with Crippen LogP contribution in [-0.4, -0.2) is 68.5 Å². The molecular formula is C44H56N4O3. The van der Waals surface area contributed by atoms with Gasteiger partial charge in [-0.25, -0.2) is 0 Å². The van der Waals surface area contributed by atoms with Gasteiger partial charge in [-0.3, -0.25) is 9.80 Å². The smallest absolute Gasteiger partial charge is 0.127 e. The van der Waals surface area contributed by atoms with Crippen molar-refractivity contribution in [3.63, 3.8) is 0 Å². The van der Waals surface area contributed by atoms with E-state index in [9.17, 15) is 10.2 Å². The van der Waals surface area contributed by atoms with E-state index in [-0.39, 0.29) is 19.3 Å². The Labute approximate surface area is 304 Å². The Balaban J connectivity index is 0.000000179. The highest BCUT2D eigenvalue weighted by molar-refractivity contribution is 5.38. The molecule has 2 fully saturated rings. The van der Waals surface area contributed by atoms with E-state index >= 15 is 0 Å². The first kappa shape index (κ1) is 36.6. The average Bonchev–Trinajstić information content (AvgIpc) is 3.83. The minimum Gasteiger partial charge on any atom is -0.457 e. The first-order valence-corrected chi connectivity index (χ1v) is 19.0. The summed E-state index contributed by atoms with van der Waals surface area (Å²) in [6.45, 7) is 8.59. The number of likely N-dealkylation sites (tertiary alicyclic amines) is 2. The van der Waals surface area contributed by atoms with Crippen LogP contribution in [0, 0.1) is 6.92 Å². The number of para-hydroxylation sites is 1. The van der Waals surface area contributed by atoms with Crippen LogP contribution >= 0.6 is 0 Å². The van der Waals surface area contributed by atoms with Gasteiger partial charge >= 0.3 is 0 Å². The fourth-order valence-corrected chi connectivity index (χ4v) is 7.81. The third kappa shape index (κ3) is 9.80. The van der Waals surface area contributed by atoms with Gasteiger partial charge < -0.3 is 24.1 Å². The summed E-state index contributed by atoms with van der Waals surface area (Å²) >= 11 is 0. The molecule has 0 radical (unpaired) electrons. The Bertz CT molecular complexity index is 1740. The summed E-state index contributed by atoms with van der Waals surface area (Å²) in [4.78, 5) is 5.19. The van der Waals surface area contributed by atoms with Gasteiger partial charge in [-0.15, -0.1) is 0 Å². The molecule has 7 rings (SSSR count). The number of aryl methyl sites for hydroxylation is 2. The van der Waals surface area contributed by atoms with Crippen molar-refractivity contribution in [3.05, 3.63) is 144 Å². The van der Waals surface area contributed by atoms with E-state index in [1.807, 2.05) is 36.4 Å². The van der Waals surface area contributed by atoms with Crippen LogP contribution in [0.1, 0.15) is 85.1 Å². The predicted molar refractivity (Wildman–Crippen MR) is 206 cm³/mol. The zero-order chi connectivity index (χ0) is 35.3. The fraction of sp³-hybridized carbons (Fsp3) is 0.409. The van der Waals surface area contributed by atoms with E-state index < -0.39 is 0 Å². The summed E-state index contributed by atoms with van der Waals surface area (Å²) in [7, 11) is 0. The summed E-state index contributed by atoms with van der Waals surface area (Å²) in [5.41, 5.74) is 6.51. The Morgan fingerprint density at radius 1 is 0.549 bits per heavy atom. The molecule has 0 saturated carbocycles. The van der Waals surface area contributed by atoms with Gasteiger partial charge in [0.1, 0.15) is 11.5 Å². The fourth-order valence-electron chi connectivity index (χ4n) is 7.81. The summed E-state index contributed by atoms with van der Waals surface area (Å²) in [5, 5.41) is 18.7. The lowest BCUT2D eigenvalue weighted by Crippen LogP contribution is -2.35. The van der Waals surface area contributed by atoms with E-state index in [4.69, 9.17) is 4.74 Å². The summed E-state index contributed by atoms with van der Waals surface area (Å²) < 4.78 is 10.6. The molecule has 2 aliphatic heterocycles. The number of hydrogen-bond donors (Lipinski definition) is 2. The number of ether oxygens (including phenoxy) is 1. The molecule has 2 aliphatic rings. The van der Waals surface area contributed by atoms with Gasteiger partial charge in [-0.1, -0.05) is 73.0 Å². The summed E-state index contributed by atoms with van der Waals surface area (Å²) in [5.74, 6) is 1.70. The van der Waals surface area contributed by atoms with Crippen molar-refractivity contribution in [2.75, 3.05) is 39.4 Å². The topological polar surface area (TPSA) is 66.0 Å². The van der Waals surface area contributed by atoms with Crippen molar-refractivity contribution in [3.8, 4) is 11.5 Å². The lowest BCUT2D eigenvalue weighted by Gasteiger charge is -2.35. The van der Waals surface area contributed by atoms with Crippen molar-refractivity contribution in [2.45, 2.75) is 77.0 Å². The van der Waals surface area contributed by atoms with Crippen LogP contribution in [0.4, 0.5) is 0 Å². The molecule has 3 aromatic carbocycles. The summed E-state index contributed by atoms with van der Waals surface area (Å²) in [6, 6.07) is 36.4. The standard InChI is InChI=1S/C24H28N2O2.C20H28N2O/c27-18-17-25-16-8-13-23(25)24(26-14-5-2-6-15-26)20-9-7-12-22(19-20)28-21-10-3-1-4-11-21;1-17-8-5-9-18(16-17)20(22-11-3-2-4-12-22)19-10-6-13-21(19)14-7-15-23/h1,3-4,7-13,16,19,24,27H,2,5-6,14-15,17-18H2;5-6,8-10,13,16,20,23H,2-4,7,11-12,14-15H2,1H3. The molecular weight excluding hydrogens is 633 g/mol. The molecule has 2 N–H and O–H groups in total. The minimum absolute atomic E-state index is 0.144. The Hall–Kier alpha value is -4.14. The van der Waals surface area contributed by atoms with Crippen LogP contribution in [0.25, 0.3) is 0 Å². The maximum Gasteiger partial charge on any atom is 0.127 e. The second-order valence-corrected chi connectivity index (χ2v) is 14.0. The third-order valence-electron chi connectivity index (χ3n) is 10.2. The monoisotopic (exact) mass is 688 g/mol. The maximum atomic E-state index is 9.48. The van der Waals surface area contributed by atoms with E-state index in [0.29, 0.717) is 12.6 Å². The van der Waals surface area contributed by atoms with Crippen LogP contribution < -0.4 is 4.74 Å². The molecule has 51 heavy (non-hydrogen) atoms. The number of hydrogen-bond acceptors (Lipinski definition) is 5. The Morgan fingerprint density at radius 2 is 1.10 bits per heavy atom. The van der Waals surface area contributed by atoms with Crippen LogP contribution in [0.3, 0.4) is 0 Å². The second kappa shape index (κ2) is 18.9. The Kier molecular flexibility index (Phi) is 13.6. The molecule has 270 valence electrons. The number of aromatic nitrogens is 2. The second-order valence-electron chi connectivity index (χ2n) is 14.0. The number of piperidine rings is 2. The number of rotatable bonds is 13. The van der Waals surface area contributed by atoms with Crippen LogP contribution in [0.15, 0.2) is 116 Å². The molecule has 2 atom stereocenters. The van der Waals surface area contributed by atoms with Gasteiger partial charge in [-0.05, 0) is 125 Å². The molecule has 0 bridgehead atoms. The van der Waals surface area contributed by atoms with Crippen molar-refractivity contribution in [2.24, 2.45) is 0 Å². The highest BCUT2D eigenvalue weighted by Crippen LogP contribution is 2.35. The zero-order valence-electron chi connectivity index (χ0n) is 30.3. The van der Waals surface area contributed by atoms with Crippen molar-refractivity contribution in [1.29, 1.82) is 0 Å². The molecule has 2 unspecified atom stereocenters. The third-order valence-corrected chi connectivity index (χ3v) is 10.2. The van der Waals surface area contributed by atoms with Crippen LogP contribution in [0.2, 0.25) is 0 Å². The van der Waals surface area contributed by atoms with Gasteiger partial charge in [0.15, 0.2) is 0 Å². The first-order chi connectivity index (χ1) is 25.1. The number of benzene rings is 3. The van der Waals surface area contributed by atoms with Gasteiger partial charge in [0.2, 0.25) is 0 Å². The molecule has 0 spiro atoms. The van der Waals surface area contributed by atoms with E-state index in [2.05, 4.69) is 105 Å². The lowest BCUT2D eigenvalue weighted by molar-refractivity contribution is 0.179. The van der Waals surface area contributed by atoms with Gasteiger partial charge in [0, 0.05) is 43.5 Å². The summed E-state index contributed by atoms with van der Waals surface area (Å²) in [6.07, 6.45) is 12.7. The molecule has 7 heteroatoms. The van der Waals surface area contributed by atoms with Gasteiger partial charge in [-0.2, -0.15) is 0 Å². The highest BCUT2D eigenvalue weighted by Gasteiger charge is 2.28. The van der Waals surface area contributed by atoms with Gasteiger partial charge in [0.25, 0.3) is 0 Å². The molecule has 4 heterocycles. The molecule has 7 nitrogen and oxygen atoms in total. The number of aliphatic hydroxyl groups is 2. The Morgan fingerprint density at radius 3 is 1.67 bits per heavy atom. The zero-order valence-corrected chi connectivity index (χ0v) is 30.3. The van der Waals surface area contributed by atoms with E-state index in [1.54, 1.807) is 0 Å². The van der Waals surface area contributed by atoms with Crippen molar-refractivity contribution < 1.29 is 14.9 Å². The van der Waals surface area contributed by atoms with Crippen molar-refractivity contribution in [1.82, 2.24) is 18.9 Å². The molecule has 0 amide bonds. The SMILES string of the molecule is Cc1cccc(C(c2cccn2CCCO)N2CCCCC2)c1.OCCn1cccc1C(c1cccc(Oc2ccccc2)c1)N1CCCCC1. The quantitative estimate of drug-likeness (QED) is 0.130. The average molecular weight is 689 g/mol. The molecule has 5 aromatic rings. The van der Waals surface area contributed by atoms with Crippen LogP contribution in [-0.2, 0) is 13.1 Å². The highest BCUT2D eigenvalue weighted by atomic mass is 16.5. The van der Waals surface area contributed by atoms with E-state index in [0.717, 1.165) is 37.6 Å². The van der Waals surface area contributed by atoms with Crippen LogP contribution in [0.5, 0.6) is 11.5 Å². The number of nitrogens with zero attached hydrogens (tertiary/aromatic N) is 4. The van der Waals surface area contributed by atoms with E-state index in [1.165, 1.54) is 79.7 Å². The lowest BCUT2D eigenvalue weighted by atomic mass is 9.97.